The average Bonchev–Trinajstić information content (AvgIpc) is 2.72. The zero-order valence-electron chi connectivity index (χ0n) is 16.3. The van der Waals surface area contributed by atoms with Crippen LogP contribution in [-0.4, -0.2) is 52.1 Å². The van der Waals surface area contributed by atoms with E-state index >= 15 is 0 Å². The number of hydrogen-bond donors (Lipinski definition) is 2. The molecule has 0 saturated heterocycles. The van der Waals surface area contributed by atoms with Crippen LogP contribution in [0.1, 0.15) is 44.7 Å². The Labute approximate surface area is 165 Å². The van der Waals surface area contributed by atoms with Gasteiger partial charge in [0.05, 0.1) is 11.1 Å². The molecule has 148 valence electrons. The zero-order chi connectivity index (χ0) is 19.9. The topological polar surface area (TPSA) is 76.7 Å². The monoisotopic (exact) mass is 382 g/mol. The van der Waals surface area contributed by atoms with E-state index < -0.39 is 0 Å². The van der Waals surface area contributed by atoms with Crippen LogP contribution in [0.5, 0.6) is 0 Å². The fourth-order valence-corrected chi connectivity index (χ4v) is 3.42. The molecule has 0 spiro atoms. The molecule has 0 saturated carbocycles. The maximum atomic E-state index is 13.4. The summed E-state index contributed by atoms with van der Waals surface area (Å²) in [6.45, 7) is 2.59. The van der Waals surface area contributed by atoms with Crippen molar-refractivity contribution in [3.05, 3.63) is 58.7 Å². The van der Waals surface area contributed by atoms with Crippen LogP contribution in [0.2, 0.25) is 0 Å². The van der Waals surface area contributed by atoms with Crippen molar-refractivity contribution >= 4 is 22.9 Å². The Balaban J connectivity index is 1.92. The molecule has 0 aliphatic heterocycles. The van der Waals surface area contributed by atoms with Gasteiger partial charge in [-0.15, -0.1) is 0 Å². The summed E-state index contributed by atoms with van der Waals surface area (Å²) < 4.78 is 10.1. The maximum absolute atomic E-state index is 13.4. The molecule has 0 fully saturated rings. The van der Waals surface area contributed by atoms with Gasteiger partial charge in [0, 0.05) is 63.0 Å². The van der Waals surface area contributed by atoms with Crippen LogP contribution in [0, 0.1) is 0 Å². The first kappa shape index (κ1) is 20.0. The third-order valence-corrected chi connectivity index (χ3v) is 4.75. The van der Waals surface area contributed by atoms with Gasteiger partial charge in [-0.3, -0.25) is 9.59 Å². The first-order valence-corrected chi connectivity index (χ1v) is 9.50. The minimum atomic E-state index is -0.130. The van der Waals surface area contributed by atoms with Crippen molar-refractivity contribution in [1.82, 2.24) is 0 Å². The number of rotatable bonds is 10. The Morgan fingerprint density at radius 2 is 1.18 bits per heavy atom. The lowest BCUT2D eigenvalue weighted by atomic mass is 9.82. The van der Waals surface area contributed by atoms with Crippen molar-refractivity contribution < 1.29 is 19.1 Å². The summed E-state index contributed by atoms with van der Waals surface area (Å²) in [6.07, 6.45) is 1.62. The maximum Gasteiger partial charge on any atom is 0.198 e. The molecule has 0 bridgehead atoms. The summed E-state index contributed by atoms with van der Waals surface area (Å²) >= 11 is 0. The normalized spacial score (nSPS) is 12.5. The molecule has 2 aromatic rings. The van der Waals surface area contributed by atoms with Crippen LogP contribution in [-0.2, 0) is 9.47 Å². The van der Waals surface area contributed by atoms with Crippen molar-refractivity contribution in [2.45, 2.75) is 12.8 Å². The Morgan fingerprint density at radius 3 is 1.61 bits per heavy atom. The average molecular weight is 382 g/mol. The van der Waals surface area contributed by atoms with Crippen molar-refractivity contribution in [1.29, 1.82) is 0 Å². The number of benzene rings is 2. The lowest BCUT2D eigenvalue weighted by Gasteiger charge is -2.23. The molecule has 2 aromatic carbocycles. The van der Waals surface area contributed by atoms with Crippen molar-refractivity contribution in [2.24, 2.45) is 0 Å². The van der Waals surface area contributed by atoms with Gasteiger partial charge in [-0.2, -0.15) is 0 Å². The van der Waals surface area contributed by atoms with E-state index in [0.717, 1.165) is 12.8 Å². The Bertz CT molecular complexity index is 796. The molecule has 0 aromatic heterocycles. The van der Waals surface area contributed by atoms with Gasteiger partial charge >= 0.3 is 0 Å². The van der Waals surface area contributed by atoms with Gasteiger partial charge in [-0.05, 0) is 25.0 Å². The van der Waals surface area contributed by atoms with Crippen LogP contribution in [0.15, 0.2) is 36.4 Å². The molecule has 0 radical (unpaired) electrons. The van der Waals surface area contributed by atoms with Crippen molar-refractivity contribution in [3.63, 3.8) is 0 Å². The van der Waals surface area contributed by atoms with Gasteiger partial charge in [0.15, 0.2) is 11.6 Å². The van der Waals surface area contributed by atoms with Gasteiger partial charge in [-0.1, -0.05) is 24.3 Å². The second-order valence-corrected chi connectivity index (χ2v) is 6.66. The van der Waals surface area contributed by atoms with E-state index in [-0.39, 0.29) is 11.6 Å². The van der Waals surface area contributed by atoms with Crippen LogP contribution < -0.4 is 10.6 Å². The molecule has 1 aliphatic rings. The van der Waals surface area contributed by atoms with E-state index in [1.165, 1.54) is 0 Å². The summed E-state index contributed by atoms with van der Waals surface area (Å²) in [4.78, 5) is 26.5. The summed E-state index contributed by atoms with van der Waals surface area (Å²) in [5.41, 5.74) is 3.17. The van der Waals surface area contributed by atoms with E-state index in [2.05, 4.69) is 10.6 Å². The smallest absolute Gasteiger partial charge is 0.198 e. The van der Waals surface area contributed by atoms with Gasteiger partial charge in [-0.25, -0.2) is 0 Å². The molecule has 0 atom stereocenters. The third-order valence-electron chi connectivity index (χ3n) is 4.75. The number of ether oxygens (including phenoxy) is 2. The molecule has 0 unspecified atom stereocenters. The first-order valence-electron chi connectivity index (χ1n) is 9.50. The quantitative estimate of drug-likeness (QED) is 0.524. The number of carbonyl (C=O) groups excluding carboxylic acids is 2. The highest BCUT2D eigenvalue weighted by atomic mass is 16.5. The van der Waals surface area contributed by atoms with Crippen LogP contribution in [0.25, 0.3) is 0 Å². The number of fused-ring (bicyclic) bond motifs is 2. The fourth-order valence-electron chi connectivity index (χ4n) is 3.42. The molecule has 6 heteroatoms. The second-order valence-electron chi connectivity index (χ2n) is 6.66. The fraction of sp³-hybridized carbons (Fsp3) is 0.364. The highest BCUT2D eigenvalue weighted by Crippen LogP contribution is 2.35. The van der Waals surface area contributed by atoms with E-state index in [0.29, 0.717) is 59.9 Å². The van der Waals surface area contributed by atoms with Gasteiger partial charge < -0.3 is 20.1 Å². The van der Waals surface area contributed by atoms with Gasteiger partial charge in [0.2, 0.25) is 0 Å². The molecule has 2 N–H and O–H groups in total. The van der Waals surface area contributed by atoms with Gasteiger partial charge in [0.1, 0.15) is 0 Å². The molecule has 0 amide bonds. The zero-order valence-corrected chi connectivity index (χ0v) is 16.3. The standard InChI is InChI=1S/C22H26N2O4/c1-27-13-5-11-23-17-9-3-7-15-19(17)22(26)20-16(21(15)25)8-4-10-18(20)24-12-6-14-28-2/h3-4,7-10,23-24H,5-6,11-14H2,1-2H3. The Hall–Kier alpha value is -2.70. The number of methoxy groups -OCH3 is 2. The van der Waals surface area contributed by atoms with Crippen LogP contribution in [0.3, 0.4) is 0 Å². The van der Waals surface area contributed by atoms with E-state index in [1.807, 2.05) is 12.1 Å². The highest BCUT2D eigenvalue weighted by Gasteiger charge is 2.33. The Morgan fingerprint density at radius 1 is 0.714 bits per heavy atom. The highest BCUT2D eigenvalue weighted by molar-refractivity contribution is 6.31. The second kappa shape index (κ2) is 9.48. The summed E-state index contributed by atoms with van der Waals surface area (Å²) in [5, 5.41) is 6.56. The van der Waals surface area contributed by atoms with E-state index in [1.54, 1.807) is 38.5 Å². The summed E-state index contributed by atoms with van der Waals surface area (Å²) in [5.74, 6) is -0.250. The molecule has 28 heavy (non-hydrogen) atoms. The molecule has 6 nitrogen and oxygen atoms in total. The summed E-state index contributed by atoms with van der Waals surface area (Å²) in [6, 6.07) is 10.7. The predicted octanol–water partition coefficient (Wildman–Crippen LogP) is 3.36. The van der Waals surface area contributed by atoms with E-state index in [4.69, 9.17) is 9.47 Å². The van der Waals surface area contributed by atoms with Crippen molar-refractivity contribution in [2.75, 3.05) is 51.2 Å². The minimum Gasteiger partial charge on any atom is -0.385 e. The van der Waals surface area contributed by atoms with Gasteiger partial charge in [0.25, 0.3) is 0 Å². The SMILES string of the molecule is COCCCNc1cccc2c1C(=O)c1c(NCCCOC)cccc1C2=O. The van der Waals surface area contributed by atoms with Crippen LogP contribution in [0.4, 0.5) is 11.4 Å². The van der Waals surface area contributed by atoms with E-state index in [9.17, 15) is 9.59 Å². The molecule has 3 rings (SSSR count). The first-order chi connectivity index (χ1) is 13.7. The molecular formula is C22H26N2O4. The number of anilines is 2. The lowest BCUT2D eigenvalue weighted by molar-refractivity contribution is 0.0980. The molecule has 1 aliphatic carbocycles. The number of carbonyl (C=O) groups is 2. The molecule has 0 heterocycles. The predicted molar refractivity (Wildman–Crippen MR) is 110 cm³/mol. The minimum absolute atomic E-state index is 0.120. The van der Waals surface area contributed by atoms with Crippen LogP contribution >= 0.6 is 0 Å². The van der Waals surface area contributed by atoms with Crippen molar-refractivity contribution in [3.8, 4) is 0 Å². The third kappa shape index (κ3) is 4.08. The largest absolute Gasteiger partial charge is 0.385 e. The lowest BCUT2D eigenvalue weighted by Crippen LogP contribution is -2.24. The Kier molecular flexibility index (Phi) is 6.79. The number of hydrogen-bond acceptors (Lipinski definition) is 6. The molecular weight excluding hydrogens is 356 g/mol. The number of ketones is 2. The number of nitrogens with one attached hydrogen (secondary N) is 2. The summed E-state index contributed by atoms with van der Waals surface area (Å²) in [7, 11) is 3.31.